The van der Waals surface area contributed by atoms with Crippen LogP contribution < -0.4 is 5.32 Å². The highest BCUT2D eigenvalue weighted by molar-refractivity contribution is 4.83. The van der Waals surface area contributed by atoms with Crippen molar-refractivity contribution in [3.8, 4) is 0 Å². The van der Waals surface area contributed by atoms with E-state index in [2.05, 4.69) is 31.1 Å². The van der Waals surface area contributed by atoms with Crippen LogP contribution >= 0.6 is 0 Å². The maximum absolute atomic E-state index is 3.94. The van der Waals surface area contributed by atoms with Crippen molar-refractivity contribution in [2.45, 2.75) is 77.3 Å². The molecule has 1 heterocycles. The van der Waals surface area contributed by atoms with Gasteiger partial charge in [-0.05, 0) is 71.5 Å². The molecule has 1 unspecified atom stereocenters. The first-order chi connectivity index (χ1) is 9.16. The predicted molar refractivity (Wildman–Crippen MR) is 83.5 cm³/mol. The summed E-state index contributed by atoms with van der Waals surface area (Å²) < 4.78 is 0. The molecular formula is C17H34N2. The summed E-state index contributed by atoms with van der Waals surface area (Å²) in [5.74, 6) is 1.82. The Kier molecular flexibility index (Phi) is 6.15. The van der Waals surface area contributed by atoms with E-state index in [1.54, 1.807) is 0 Å². The van der Waals surface area contributed by atoms with Gasteiger partial charge in [0.1, 0.15) is 0 Å². The Bertz CT molecular complexity index is 238. The Balaban J connectivity index is 1.75. The molecule has 1 N–H and O–H groups in total. The lowest BCUT2D eigenvalue weighted by Gasteiger charge is -2.36. The van der Waals surface area contributed by atoms with Gasteiger partial charge >= 0.3 is 0 Å². The van der Waals surface area contributed by atoms with Gasteiger partial charge in [0.25, 0.3) is 0 Å². The SMILES string of the molecule is CC(N[C@H](C)C1CCCCCC1)C1CCN(C)CC1. The summed E-state index contributed by atoms with van der Waals surface area (Å²) in [6, 6.07) is 1.42. The van der Waals surface area contributed by atoms with Gasteiger partial charge in [-0.3, -0.25) is 0 Å². The minimum absolute atomic E-state index is 0.701. The van der Waals surface area contributed by atoms with Gasteiger partial charge in [0.2, 0.25) is 0 Å². The largest absolute Gasteiger partial charge is 0.311 e. The summed E-state index contributed by atoms with van der Waals surface area (Å²) in [4.78, 5) is 2.47. The maximum atomic E-state index is 3.94. The van der Waals surface area contributed by atoms with Crippen LogP contribution in [0.1, 0.15) is 65.2 Å². The topological polar surface area (TPSA) is 15.3 Å². The monoisotopic (exact) mass is 266 g/mol. The number of hydrogen-bond acceptors (Lipinski definition) is 2. The number of likely N-dealkylation sites (tertiary alicyclic amines) is 1. The van der Waals surface area contributed by atoms with Crippen molar-refractivity contribution in [2.75, 3.05) is 20.1 Å². The number of nitrogens with one attached hydrogen (secondary N) is 1. The van der Waals surface area contributed by atoms with Crippen LogP contribution in [-0.4, -0.2) is 37.1 Å². The number of rotatable bonds is 4. The summed E-state index contributed by atoms with van der Waals surface area (Å²) in [5, 5.41) is 3.94. The number of piperidine rings is 1. The zero-order valence-corrected chi connectivity index (χ0v) is 13.3. The highest BCUT2D eigenvalue weighted by atomic mass is 15.1. The fourth-order valence-electron chi connectivity index (χ4n) is 4.03. The minimum atomic E-state index is 0.701. The molecule has 1 saturated carbocycles. The van der Waals surface area contributed by atoms with Crippen molar-refractivity contribution in [3.63, 3.8) is 0 Å². The average molecular weight is 266 g/mol. The lowest BCUT2D eigenvalue weighted by molar-refractivity contribution is 0.175. The molecule has 0 aromatic rings. The molecule has 0 aromatic carbocycles. The van der Waals surface area contributed by atoms with Gasteiger partial charge in [0.15, 0.2) is 0 Å². The zero-order chi connectivity index (χ0) is 13.7. The van der Waals surface area contributed by atoms with Gasteiger partial charge in [0, 0.05) is 12.1 Å². The molecule has 2 nitrogen and oxygen atoms in total. The third-order valence-electron chi connectivity index (χ3n) is 5.60. The van der Waals surface area contributed by atoms with Crippen LogP contribution in [0.4, 0.5) is 0 Å². The Morgan fingerprint density at radius 1 is 0.789 bits per heavy atom. The molecule has 2 heteroatoms. The van der Waals surface area contributed by atoms with Crippen molar-refractivity contribution < 1.29 is 0 Å². The molecule has 1 aliphatic carbocycles. The van der Waals surface area contributed by atoms with Crippen LogP contribution in [0.25, 0.3) is 0 Å². The minimum Gasteiger partial charge on any atom is -0.311 e. The van der Waals surface area contributed by atoms with E-state index >= 15 is 0 Å². The van der Waals surface area contributed by atoms with E-state index in [1.165, 1.54) is 64.5 Å². The van der Waals surface area contributed by atoms with Crippen LogP contribution in [-0.2, 0) is 0 Å². The molecule has 2 atom stereocenters. The molecular weight excluding hydrogens is 232 g/mol. The summed E-state index contributed by atoms with van der Waals surface area (Å²) in [6.45, 7) is 7.42. The maximum Gasteiger partial charge on any atom is 0.00705 e. The lowest BCUT2D eigenvalue weighted by Crippen LogP contribution is -2.46. The van der Waals surface area contributed by atoms with E-state index in [9.17, 15) is 0 Å². The smallest absolute Gasteiger partial charge is 0.00705 e. The van der Waals surface area contributed by atoms with Crippen LogP contribution in [0, 0.1) is 11.8 Å². The molecule has 2 aliphatic rings. The van der Waals surface area contributed by atoms with Crippen LogP contribution in [0.15, 0.2) is 0 Å². The molecule has 0 aromatic heterocycles. The molecule has 2 fully saturated rings. The second kappa shape index (κ2) is 7.64. The molecule has 0 spiro atoms. The van der Waals surface area contributed by atoms with Gasteiger partial charge < -0.3 is 10.2 Å². The van der Waals surface area contributed by atoms with E-state index in [4.69, 9.17) is 0 Å². The summed E-state index contributed by atoms with van der Waals surface area (Å²) in [6.07, 6.45) is 11.5. The van der Waals surface area contributed by atoms with Gasteiger partial charge in [-0.25, -0.2) is 0 Å². The second-order valence-corrected chi connectivity index (χ2v) is 7.14. The van der Waals surface area contributed by atoms with Gasteiger partial charge in [-0.2, -0.15) is 0 Å². The molecule has 2 rings (SSSR count). The van der Waals surface area contributed by atoms with E-state index in [0.717, 1.165) is 11.8 Å². The van der Waals surface area contributed by atoms with Gasteiger partial charge in [-0.1, -0.05) is 25.7 Å². The summed E-state index contributed by atoms with van der Waals surface area (Å²) in [7, 11) is 2.25. The first-order valence-electron chi connectivity index (χ1n) is 8.61. The van der Waals surface area contributed by atoms with Crippen molar-refractivity contribution in [2.24, 2.45) is 11.8 Å². The standard InChI is InChI=1S/C17H34N2/c1-14(16-8-6-4-5-7-9-16)18-15(2)17-10-12-19(3)13-11-17/h14-18H,4-13H2,1-3H3/t14-,15?/m1/s1. The van der Waals surface area contributed by atoms with Crippen LogP contribution in [0.5, 0.6) is 0 Å². The molecule has 1 saturated heterocycles. The molecule has 1 aliphatic heterocycles. The Morgan fingerprint density at radius 3 is 1.79 bits per heavy atom. The van der Waals surface area contributed by atoms with Crippen molar-refractivity contribution in [1.29, 1.82) is 0 Å². The molecule has 0 bridgehead atoms. The third kappa shape index (κ3) is 4.75. The van der Waals surface area contributed by atoms with Crippen LogP contribution in [0.3, 0.4) is 0 Å². The van der Waals surface area contributed by atoms with E-state index in [0.29, 0.717) is 12.1 Å². The molecule has 112 valence electrons. The number of nitrogens with zero attached hydrogens (tertiary/aromatic N) is 1. The van der Waals surface area contributed by atoms with Gasteiger partial charge in [-0.15, -0.1) is 0 Å². The van der Waals surface area contributed by atoms with E-state index < -0.39 is 0 Å². The van der Waals surface area contributed by atoms with Crippen molar-refractivity contribution in [1.82, 2.24) is 10.2 Å². The molecule has 0 radical (unpaired) electrons. The van der Waals surface area contributed by atoms with E-state index in [-0.39, 0.29) is 0 Å². The first-order valence-corrected chi connectivity index (χ1v) is 8.61. The summed E-state index contributed by atoms with van der Waals surface area (Å²) in [5.41, 5.74) is 0. The second-order valence-electron chi connectivity index (χ2n) is 7.14. The molecule has 0 amide bonds. The fourth-order valence-corrected chi connectivity index (χ4v) is 4.03. The van der Waals surface area contributed by atoms with E-state index in [1.807, 2.05) is 0 Å². The fraction of sp³-hybridized carbons (Fsp3) is 1.00. The van der Waals surface area contributed by atoms with Gasteiger partial charge in [0.05, 0.1) is 0 Å². The average Bonchev–Trinajstić information content (AvgIpc) is 2.68. The number of hydrogen-bond donors (Lipinski definition) is 1. The summed E-state index contributed by atoms with van der Waals surface area (Å²) >= 11 is 0. The lowest BCUT2D eigenvalue weighted by atomic mass is 9.87. The normalized spacial score (nSPS) is 27.9. The highest BCUT2D eigenvalue weighted by Gasteiger charge is 2.26. The van der Waals surface area contributed by atoms with Crippen LogP contribution in [0.2, 0.25) is 0 Å². The quantitative estimate of drug-likeness (QED) is 0.781. The Hall–Kier alpha value is -0.0800. The zero-order valence-electron chi connectivity index (χ0n) is 13.3. The van der Waals surface area contributed by atoms with Crippen molar-refractivity contribution in [3.05, 3.63) is 0 Å². The Labute approximate surface area is 120 Å². The third-order valence-corrected chi connectivity index (χ3v) is 5.60. The highest BCUT2D eigenvalue weighted by Crippen LogP contribution is 2.27. The predicted octanol–water partition coefficient (Wildman–Crippen LogP) is 3.67. The first kappa shape index (κ1) is 15.3. The molecule has 19 heavy (non-hydrogen) atoms. The Morgan fingerprint density at radius 2 is 1.26 bits per heavy atom. The van der Waals surface area contributed by atoms with Crippen molar-refractivity contribution >= 4 is 0 Å².